The first-order valence-corrected chi connectivity index (χ1v) is 8.84. The lowest BCUT2D eigenvalue weighted by atomic mass is 10.1. The molecule has 0 aliphatic rings. The Hall–Kier alpha value is -2.27. The number of amides is 2. The molecule has 24 heavy (non-hydrogen) atoms. The maximum absolute atomic E-state index is 12.1. The highest BCUT2D eigenvalue weighted by atomic mass is 32.2. The fraction of sp³-hybridized carbons (Fsp3) is 0.263. The molecule has 0 fully saturated rings. The summed E-state index contributed by atoms with van der Waals surface area (Å²) in [5.74, 6) is -0.674. The van der Waals surface area contributed by atoms with E-state index in [-0.39, 0.29) is 11.8 Å². The van der Waals surface area contributed by atoms with E-state index in [1.165, 1.54) is 0 Å². The molecule has 0 heterocycles. The highest BCUT2D eigenvalue weighted by Gasteiger charge is 2.09. The SMILES string of the molecule is CCc1ccc(C(=O)NNC(=O)c2ccc(SC(C)C)cc2)cc1. The molecule has 5 heteroatoms. The zero-order chi connectivity index (χ0) is 17.5. The van der Waals surface area contributed by atoms with Crippen molar-refractivity contribution in [1.29, 1.82) is 0 Å². The van der Waals surface area contributed by atoms with Crippen LogP contribution < -0.4 is 10.9 Å². The van der Waals surface area contributed by atoms with Crippen molar-refractivity contribution < 1.29 is 9.59 Å². The molecule has 0 bridgehead atoms. The Morgan fingerprint density at radius 1 is 0.875 bits per heavy atom. The molecule has 2 N–H and O–H groups in total. The molecular formula is C19H22N2O2S. The van der Waals surface area contributed by atoms with Gasteiger partial charge in [0.15, 0.2) is 0 Å². The van der Waals surface area contributed by atoms with Gasteiger partial charge in [0.1, 0.15) is 0 Å². The average Bonchev–Trinajstić information content (AvgIpc) is 2.59. The highest BCUT2D eigenvalue weighted by Crippen LogP contribution is 2.22. The molecule has 2 rings (SSSR count). The molecule has 2 aromatic rings. The van der Waals surface area contributed by atoms with Crippen LogP contribution in [0.5, 0.6) is 0 Å². The van der Waals surface area contributed by atoms with Crippen LogP contribution in [-0.4, -0.2) is 17.1 Å². The van der Waals surface area contributed by atoms with E-state index in [9.17, 15) is 9.59 Å². The summed E-state index contributed by atoms with van der Waals surface area (Å²) in [6.07, 6.45) is 0.920. The number of rotatable bonds is 5. The summed E-state index contributed by atoms with van der Waals surface area (Å²) in [5.41, 5.74) is 7.06. The molecule has 0 radical (unpaired) electrons. The van der Waals surface area contributed by atoms with Crippen molar-refractivity contribution in [3.63, 3.8) is 0 Å². The van der Waals surface area contributed by atoms with E-state index >= 15 is 0 Å². The largest absolute Gasteiger partial charge is 0.269 e. The van der Waals surface area contributed by atoms with Gasteiger partial charge in [0.05, 0.1) is 0 Å². The van der Waals surface area contributed by atoms with E-state index in [0.29, 0.717) is 16.4 Å². The molecule has 2 amide bonds. The predicted octanol–water partition coefficient (Wildman–Crippen LogP) is 3.82. The van der Waals surface area contributed by atoms with Gasteiger partial charge in [-0.15, -0.1) is 11.8 Å². The molecule has 126 valence electrons. The molecule has 0 aliphatic heterocycles. The van der Waals surface area contributed by atoms with Crippen molar-refractivity contribution >= 4 is 23.6 Å². The number of thioether (sulfide) groups is 1. The maximum atomic E-state index is 12.1. The summed E-state index contributed by atoms with van der Waals surface area (Å²) in [6.45, 7) is 6.29. The zero-order valence-corrected chi connectivity index (χ0v) is 14.9. The third-order valence-corrected chi connectivity index (χ3v) is 4.42. The van der Waals surface area contributed by atoms with Gasteiger partial charge in [-0.25, -0.2) is 0 Å². The van der Waals surface area contributed by atoms with Gasteiger partial charge in [0.25, 0.3) is 11.8 Å². The third-order valence-electron chi connectivity index (χ3n) is 3.40. The lowest BCUT2D eigenvalue weighted by Gasteiger charge is -2.09. The normalized spacial score (nSPS) is 10.5. The Morgan fingerprint density at radius 3 is 1.75 bits per heavy atom. The van der Waals surface area contributed by atoms with Gasteiger partial charge in [0.2, 0.25) is 0 Å². The van der Waals surface area contributed by atoms with Gasteiger partial charge in [-0.3, -0.25) is 20.4 Å². The number of hydrogen-bond acceptors (Lipinski definition) is 3. The Kier molecular flexibility index (Phi) is 6.44. The predicted molar refractivity (Wildman–Crippen MR) is 98.2 cm³/mol. The van der Waals surface area contributed by atoms with Crippen LogP contribution in [0.3, 0.4) is 0 Å². The number of nitrogens with one attached hydrogen (secondary N) is 2. The minimum atomic E-state index is -0.338. The van der Waals surface area contributed by atoms with E-state index in [4.69, 9.17) is 0 Å². The molecule has 0 unspecified atom stereocenters. The summed E-state index contributed by atoms with van der Waals surface area (Å²) < 4.78 is 0. The topological polar surface area (TPSA) is 58.2 Å². The summed E-state index contributed by atoms with van der Waals surface area (Å²) >= 11 is 1.74. The Morgan fingerprint density at radius 2 is 1.33 bits per heavy atom. The van der Waals surface area contributed by atoms with Crippen LogP contribution >= 0.6 is 11.8 Å². The number of carbonyl (C=O) groups excluding carboxylic acids is 2. The van der Waals surface area contributed by atoms with E-state index in [1.807, 2.05) is 24.3 Å². The fourth-order valence-electron chi connectivity index (χ4n) is 2.11. The van der Waals surface area contributed by atoms with Crippen molar-refractivity contribution in [2.75, 3.05) is 0 Å². The second-order valence-corrected chi connectivity index (χ2v) is 7.30. The number of hydrogen-bond donors (Lipinski definition) is 2. The van der Waals surface area contributed by atoms with Crippen molar-refractivity contribution in [3.8, 4) is 0 Å². The molecule has 4 nitrogen and oxygen atoms in total. The molecule has 0 aliphatic carbocycles. The third kappa shape index (κ3) is 5.13. The smallest absolute Gasteiger partial charge is 0.267 e. The maximum Gasteiger partial charge on any atom is 0.269 e. The van der Waals surface area contributed by atoms with Crippen LogP contribution in [0.4, 0.5) is 0 Å². The summed E-state index contributed by atoms with van der Waals surface area (Å²) in [5, 5.41) is 0.489. The Bertz CT molecular complexity index is 694. The van der Waals surface area contributed by atoms with Gasteiger partial charge in [-0.2, -0.15) is 0 Å². The Labute approximate surface area is 147 Å². The lowest BCUT2D eigenvalue weighted by molar-refractivity contribution is 0.0846. The first kappa shape index (κ1) is 18.1. The summed E-state index contributed by atoms with van der Waals surface area (Å²) in [6, 6.07) is 14.6. The van der Waals surface area contributed by atoms with Gasteiger partial charge in [-0.05, 0) is 48.4 Å². The number of carbonyl (C=O) groups is 2. The number of aryl methyl sites for hydroxylation is 1. The van der Waals surface area contributed by atoms with Gasteiger partial charge in [-0.1, -0.05) is 32.9 Å². The second-order valence-electron chi connectivity index (χ2n) is 5.65. The first-order valence-electron chi connectivity index (χ1n) is 7.96. The summed E-state index contributed by atoms with van der Waals surface area (Å²) in [4.78, 5) is 25.2. The monoisotopic (exact) mass is 342 g/mol. The van der Waals surface area contributed by atoms with Crippen LogP contribution in [-0.2, 0) is 6.42 Å². The Balaban J connectivity index is 1.90. The van der Waals surface area contributed by atoms with Gasteiger partial charge in [0, 0.05) is 21.3 Å². The van der Waals surface area contributed by atoms with Crippen LogP contribution in [0.25, 0.3) is 0 Å². The molecular weight excluding hydrogens is 320 g/mol. The zero-order valence-electron chi connectivity index (χ0n) is 14.1. The van der Waals surface area contributed by atoms with Crippen molar-refractivity contribution in [2.24, 2.45) is 0 Å². The quantitative estimate of drug-likeness (QED) is 0.641. The number of benzene rings is 2. The molecule has 0 saturated carbocycles. The van der Waals surface area contributed by atoms with Crippen LogP contribution in [0.1, 0.15) is 47.1 Å². The molecule has 0 aromatic heterocycles. The van der Waals surface area contributed by atoms with E-state index in [2.05, 4.69) is 31.6 Å². The average molecular weight is 342 g/mol. The molecule has 0 atom stereocenters. The minimum Gasteiger partial charge on any atom is -0.267 e. The first-order chi connectivity index (χ1) is 11.5. The van der Waals surface area contributed by atoms with E-state index < -0.39 is 0 Å². The fourth-order valence-corrected chi connectivity index (χ4v) is 2.94. The standard InChI is InChI=1S/C19H22N2O2S/c1-4-14-5-7-15(8-6-14)18(22)20-21-19(23)16-9-11-17(12-10-16)24-13(2)3/h5-13H,4H2,1-3H3,(H,20,22)(H,21,23). The van der Waals surface area contributed by atoms with Gasteiger partial charge < -0.3 is 0 Å². The van der Waals surface area contributed by atoms with E-state index in [0.717, 1.165) is 16.9 Å². The van der Waals surface area contributed by atoms with Crippen LogP contribution in [0.2, 0.25) is 0 Å². The van der Waals surface area contributed by atoms with Crippen molar-refractivity contribution in [2.45, 2.75) is 37.3 Å². The number of hydrazine groups is 1. The van der Waals surface area contributed by atoms with Gasteiger partial charge >= 0.3 is 0 Å². The van der Waals surface area contributed by atoms with Crippen LogP contribution in [0, 0.1) is 0 Å². The van der Waals surface area contributed by atoms with E-state index in [1.54, 1.807) is 36.0 Å². The minimum absolute atomic E-state index is 0.335. The van der Waals surface area contributed by atoms with Crippen molar-refractivity contribution in [3.05, 3.63) is 65.2 Å². The van der Waals surface area contributed by atoms with Crippen molar-refractivity contribution in [1.82, 2.24) is 10.9 Å². The molecule has 2 aromatic carbocycles. The lowest BCUT2D eigenvalue weighted by Crippen LogP contribution is -2.41. The molecule has 0 spiro atoms. The highest BCUT2D eigenvalue weighted by molar-refractivity contribution is 7.99. The van der Waals surface area contributed by atoms with Crippen LogP contribution in [0.15, 0.2) is 53.4 Å². The second kappa shape index (κ2) is 8.55. The summed E-state index contributed by atoms with van der Waals surface area (Å²) in [7, 11) is 0. The molecule has 0 saturated heterocycles.